The summed E-state index contributed by atoms with van der Waals surface area (Å²) in [6, 6.07) is -1.17. The molecule has 0 saturated heterocycles. The predicted molar refractivity (Wildman–Crippen MR) is 44.9 cm³/mol. The van der Waals surface area contributed by atoms with Gasteiger partial charge in [-0.1, -0.05) is 0 Å². The van der Waals surface area contributed by atoms with Crippen molar-refractivity contribution in [2.45, 2.75) is 13.0 Å². The predicted octanol–water partition coefficient (Wildman–Crippen LogP) is -3.28. The largest absolute Gasteiger partial charge is 0.549 e. The third kappa shape index (κ3) is 6.30. The molecule has 1 atom stereocenters. The maximum Gasteiger partial charge on any atom is 0.217 e. The zero-order chi connectivity index (χ0) is 11.1. The molecule has 0 heterocycles. The Balaban J connectivity index is 3.91. The Labute approximate surface area is 84.7 Å². The molecule has 14 heavy (non-hydrogen) atoms. The van der Waals surface area contributed by atoms with Crippen molar-refractivity contribution in [3.8, 4) is 0 Å². The number of carbonyl (C=O) groups is 3. The van der Waals surface area contributed by atoms with E-state index in [1.54, 1.807) is 0 Å². The van der Waals surface area contributed by atoms with Gasteiger partial charge in [0.25, 0.3) is 0 Å². The summed E-state index contributed by atoms with van der Waals surface area (Å²) < 4.78 is 0. The summed E-state index contributed by atoms with van der Waals surface area (Å²) >= 11 is 0.842. The van der Waals surface area contributed by atoms with Crippen LogP contribution in [-0.2, 0) is 14.4 Å². The van der Waals surface area contributed by atoms with Gasteiger partial charge in [0, 0.05) is 18.4 Å². The van der Waals surface area contributed by atoms with Crippen molar-refractivity contribution in [2.24, 2.45) is 0 Å². The minimum Gasteiger partial charge on any atom is -0.549 e. The number of nitrogens with one attached hydrogen (secondary N) is 1. The minimum atomic E-state index is -1.44. The van der Waals surface area contributed by atoms with Crippen LogP contribution in [0, 0.1) is 0 Å². The van der Waals surface area contributed by atoms with Crippen molar-refractivity contribution < 1.29 is 24.6 Å². The van der Waals surface area contributed by atoms with Crippen LogP contribution in [0.5, 0.6) is 0 Å². The number of carbonyl (C=O) groups excluding carboxylic acids is 3. The summed E-state index contributed by atoms with van der Waals surface area (Å²) in [5, 5.41) is 22.5. The molecule has 0 aromatic rings. The normalized spacial score (nSPS) is 11.8. The van der Waals surface area contributed by atoms with Crippen molar-refractivity contribution in [1.29, 1.82) is 0 Å². The Morgan fingerprint density at radius 3 is 2.29 bits per heavy atom. The highest BCUT2D eigenvalue weighted by atomic mass is 32.2. The first-order valence-corrected chi connectivity index (χ1v) is 4.84. The lowest BCUT2D eigenvalue weighted by atomic mass is 10.3. The maximum atomic E-state index is 10.5. The Morgan fingerprint density at radius 1 is 1.36 bits per heavy atom. The van der Waals surface area contributed by atoms with E-state index in [1.165, 1.54) is 6.92 Å². The lowest BCUT2D eigenvalue weighted by molar-refractivity contribution is -0.308. The van der Waals surface area contributed by atoms with Crippen LogP contribution in [0.3, 0.4) is 0 Å². The summed E-state index contributed by atoms with van der Waals surface area (Å²) in [4.78, 5) is 30.9. The van der Waals surface area contributed by atoms with E-state index in [9.17, 15) is 24.6 Å². The second-order valence-corrected chi connectivity index (χ2v) is 3.49. The highest BCUT2D eigenvalue weighted by molar-refractivity contribution is 8.00. The number of carboxylic acids is 2. The minimum absolute atomic E-state index is 0.0596. The van der Waals surface area contributed by atoms with Gasteiger partial charge in [-0.05, 0) is 0 Å². The Morgan fingerprint density at radius 2 is 1.93 bits per heavy atom. The molecule has 1 unspecified atom stereocenters. The maximum absolute atomic E-state index is 10.5. The van der Waals surface area contributed by atoms with E-state index < -0.39 is 23.9 Å². The van der Waals surface area contributed by atoms with Crippen LogP contribution in [0.2, 0.25) is 0 Å². The highest BCUT2D eigenvalue weighted by Crippen LogP contribution is 2.01. The van der Waals surface area contributed by atoms with Gasteiger partial charge < -0.3 is 25.1 Å². The quantitative estimate of drug-likeness (QED) is 0.501. The lowest BCUT2D eigenvalue weighted by Crippen LogP contribution is -2.49. The summed E-state index contributed by atoms with van der Waals surface area (Å²) in [5.74, 6) is -3.60. The van der Waals surface area contributed by atoms with E-state index in [1.807, 2.05) is 0 Å². The zero-order valence-corrected chi connectivity index (χ0v) is 8.26. The van der Waals surface area contributed by atoms with E-state index in [0.717, 1.165) is 11.8 Å². The molecule has 1 amide bonds. The molecule has 6 nitrogen and oxygen atoms in total. The van der Waals surface area contributed by atoms with Crippen LogP contribution >= 0.6 is 11.8 Å². The highest BCUT2D eigenvalue weighted by Gasteiger charge is 2.10. The summed E-state index contributed by atoms with van der Waals surface area (Å²) in [5.41, 5.74) is 0. The Bertz CT molecular complexity index is 242. The summed E-state index contributed by atoms with van der Waals surface area (Å²) in [6.45, 7) is 1.17. The molecule has 80 valence electrons. The molecule has 0 spiro atoms. The molecule has 0 aromatic heterocycles. The molecule has 7 heteroatoms. The van der Waals surface area contributed by atoms with Gasteiger partial charge in [-0.15, -0.1) is 0 Å². The zero-order valence-electron chi connectivity index (χ0n) is 7.44. The SMILES string of the molecule is CC(=O)NC(CSCC(=O)[O-])C(=O)[O-]. The van der Waals surface area contributed by atoms with Crippen molar-refractivity contribution >= 4 is 29.6 Å². The van der Waals surface area contributed by atoms with Gasteiger partial charge in [-0.2, -0.15) is 11.8 Å². The van der Waals surface area contributed by atoms with Crippen LogP contribution < -0.4 is 15.5 Å². The van der Waals surface area contributed by atoms with Crippen molar-refractivity contribution in [2.75, 3.05) is 11.5 Å². The molecule has 1 N–H and O–H groups in total. The van der Waals surface area contributed by atoms with Crippen LogP contribution in [0.25, 0.3) is 0 Å². The molecule has 0 radical (unpaired) electrons. The molecular weight excluding hydrogens is 210 g/mol. The molecule has 0 fully saturated rings. The summed E-state index contributed by atoms with van der Waals surface area (Å²) in [7, 11) is 0. The van der Waals surface area contributed by atoms with Gasteiger partial charge in [0.1, 0.15) is 0 Å². The van der Waals surface area contributed by atoms with Gasteiger partial charge in [0.05, 0.1) is 18.0 Å². The number of amides is 1. The second-order valence-electron chi connectivity index (χ2n) is 2.46. The molecule has 0 aliphatic heterocycles. The van der Waals surface area contributed by atoms with Crippen molar-refractivity contribution in [1.82, 2.24) is 5.32 Å². The van der Waals surface area contributed by atoms with Crippen LogP contribution in [-0.4, -0.2) is 35.4 Å². The first-order valence-electron chi connectivity index (χ1n) is 3.69. The summed E-state index contributed by atoms with van der Waals surface area (Å²) in [6.07, 6.45) is 0. The average molecular weight is 219 g/mol. The number of carboxylic acid groups (broad SMARTS) is 2. The molecule has 0 aliphatic carbocycles. The molecule has 0 aromatic carbocycles. The number of thioether (sulfide) groups is 1. The van der Waals surface area contributed by atoms with E-state index in [0.29, 0.717) is 0 Å². The van der Waals surface area contributed by atoms with Crippen LogP contribution in [0.15, 0.2) is 0 Å². The third-order valence-electron chi connectivity index (χ3n) is 1.17. The van der Waals surface area contributed by atoms with Gasteiger partial charge in [-0.25, -0.2) is 0 Å². The molecule has 0 bridgehead atoms. The monoisotopic (exact) mass is 219 g/mol. The third-order valence-corrected chi connectivity index (χ3v) is 2.18. The van der Waals surface area contributed by atoms with Gasteiger partial charge >= 0.3 is 0 Å². The topological polar surface area (TPSA) is 109 Å². The fraction of sp³-hybridized carbons (Fsp3) is 0.571. The van der Waals surface area contributed by atoms with Crippen molar-refractivity contribution in [3.05, 3.63) is 0 Å². The van der Waals surface area contributed by atoms with E-state index >= 15 is 0 Å². The molecule has 0 aliphatic rings. The number of aliphatic carboxylic acids is 2. The Hall–Kier alpha value is -1.24. The fourth-order valence-electron chi connectivity index (χ4n) is 0.674. The van der Waals surface area contributed by atoms with Crippen LogP contribution in [0.4, 0.5) is 0 Å². The lowest BCUT2D eigenvalue weighted by Gasteiger charge is -2.18. The average Bonchev–Trinajstić information content (AvgIpc) is 2.00. The second kappa shape index (κ2) is 6.25. The number of rotatable bonds is 6. The van der Waals surface area contributed by atoms with Gasteiger partial charge in [0.15, 0.2) is 0 Å². The molecular formula is C7H9NO5S-2. The molecule has 0 rings (SSSR count). The van der Waals surface area contributed by atoms with Crippen LogP contribution in [0.1, 0.15) is 6.92 Å². The first-order chi connectivity index (χ1) is 6.43. The smallest absolute Gasteiger partial charge is 0.217 e. The van der Waals surface area contributed by atoms with E-state index in [4.69, 9.17) is 0 Å². The van der Waals surface area contributed by atoms with Gasteiger partial charge in [0.2, 0.25) is 5.91 Å². The standard InChI is InChI=1S/C7H11NO5S/c1-4(9)8-5(7(12)13)2-14-3-6(10)11/h5H,2-3H2,1H3,(H,8,9)(H,10,11)(H,12,13)/p-2. The number of hydrogen-bond acceptors (Lipinski definition) is 6. The fourth-order valence-corrected chi connectivity index (χ4v) is 1.41. The van der Waals surface area contributed by atoms with E-state index in [-0.39, 0.29) is 11.5 Å². The van der Waals surface area contributed by atoms with E-state index in [2.05, 4.69) is 5.32 Å². The Kier molecular flexibility index (Phi) is 5.70. The van der Waals surface area contributed by atoms with Gasteiger partial charge in [-0.3, -0.25) is 4.79 Å². The molecule has 0 saturated carbocycles. The number of hydrogen-bond donors (Lipinski definition) is 1. The van der Waals surface area contributed by atoms with Crippen molar-refractivity contribution in [3.63, 3.8) is 0 Å². The first kappa shape index (κ1) is 12.8.